The molecule has 0 spiro atoms. The Morgan fingerprint density at radius 3 is 2.90 bits per heavy atom. The molecule has 8 heteroatoms. The van der Waals surface area contributed by atoms with Crippen molar-refractivity contribution in [2.24, 2.45) is 0 Å². The van der Waals surface area contributed by atoms with Crippen molar-refractivity contribution in [3.05, 3.63) is 34.1 Å². The highest BCUT2D eigenvalue weighted by Gasteiger charge is 2.28. The molecule has 0 bridgehead atoms. The lowest BCUT2D eigenvalue weighted by Gasteiger charge is -2.04. The second-order valence-corrected chi connectivity index (χ2v) is 5.10. The molecule has 20 heavy (non-hydrogen) atoms. The van der Waals surface area contributed by atoms with Crippen molar-refractivity contribution >= 4 is 17.2 Å². The Bertz CT molecular complexity index is 654. The molecule has 1 fully saturated rings. The van der Waals surface area contributed by atoms with Crippen LogP contribution in [0.4, 0.5) is 5.69 Å². The summed E-state index contributed by atoms with van der Waals surface area (Å²) in [4.78, 5) is 14.8. The van der Waals surface area contributed by atoms with E-state index in [-0.39, 0.29) is 11.4 Å². The van der Waals surface area contributed by atoms with Gasteiger partial charge in [-0.05, 0) is 25.0 Å². The van der Waals surface area contributed by atoms with Gasteiger partial charge >= 0.3 is 5.69 Å². The van der Waals surface area contributed by atoms with E-state index in [1.165, 1.54) is 19.2 Å². The second-order valence-electron chi connectivity index (χ2n) is 4.39. The Morgan fingerprint density at radius 1 is 1.45 bits per heavy atom. The lowest BCUT2D eigenvalue weighted by molar-refractivity contribution is -0.385. The molecule has 0 saturated heterocycles. The van der Waals surface area contributed by atoms with Gasteiger partial charge in [-0.15, -0.1) is 0 Å². The first-order valence-corrected chi connectivity index (χ1v) is 6.78. The number of ether oxygens (including phenoxy) is 2. The molecule has 104 valence electrons. The number of methoxy groups -OCH3 is 1. The normalized spacial score (nSPS) is 14.1. The SMILES string of the molecule is COc1ccc(Oc2nc(C3CC3)ns2)c([N+](=O)[O-])c1. The van der Waals surface area contributed by atoms with Gasteiger partial charge in [0.25, 0.3) is 5.19 Å². The van der Waals surface area contributed by atoms with E-state index in [2.05, 4.69) is 9.36 Å². The molecule has 0 aliphatic heterocycles. The maximum absolute atomic E-state index is 11.0. The van der Waals surface area contributed by atoms with Gasteiger partial charge in [0.05, 0.1) is 18.1 Å². The largest absolute Gasteiger partial charge is 0.496 e. The highest BCUT2D eigenvalue weighted by atomic mass is 32.1. The molecule has 0 amide bonds. The molecule has 7 nitrogen and oxygen atoms in total. The van der Waals surface area contributed by atoms with Gasteiger partial charge in [0.2, 0.25) is 5.75 Å². The van der Waals surface area contributed by atoms with Gasteiger partial charge < -0.3 is 9.47 Å². The lowest BCUT2D eigenvalue weighted by atomic mass is 10.3. The van der Waals surface area contributed by atoms with Crippen molar-refractivity contribution in [1.29, 1.82) is 0 Å². The molecule has 2 aromatic rings. The molecule has 1 aromatic heterocycles. The van der Waals surface area contributed by atoms with Gasteiger partial charge in [0, 0.05) is 17.5 Å². The fourth-order valence-corrected chi connectivity index (χ4v) is 2.34. The van der Waals surface area contributed by atoms with Crippen LogP contribution in [0.2, 0.25) is 0 Å². The molecule has 0 atom stereocenters. The first kappa shape index (κ1) is 12.8. The molecule has 0 unspecified atom stereocenters. The number of nitro benzene ring substituents is 1. The molecule has 3 rings (SSSR count). The summed E-state index contributed by atoms with van der Waals surface area (Å²) in [5.74, 6) is 1.73. The molecule has 1 aliphatic carbocycles. The number of nitro groups is 1. The van der Waals surface area contributed by atoms with Crippen molar-refractivity contribution < 1.29 is 14.4 Å². The van der Waals surface area contributed by atoms with Crippen LogP contribution in [-0.4, -0.2) is 21.4 Å². The van der Waals surface area contributed by atoms with Gasteiger partial charge in [-0.3, -0.25) is 10.1 Å². The molecular formula is C12H11N3O4S. The van der Waals surface area contributed by atoms with Crippen LogP contribution in [0, 0.1) is 10.1 Å². The van der Waals surface area contributed by atoms with Gasteiger partial charge in [-0.25, -0.2) is 0 Å². The Labute approximate surface area is 118 Å². The molecule has 1 heterocycles. The van der Waals surface area contributed by atoms with E-state index in [0.717, 1.165) is 30.2 Å². The van der Waals surface area contributed by atoms with Crippen LogP contribution < -0.4 is 9.47 Å². The zero-order valence-corrected chi connectivity index (χ0v) is 11.4. The van der Waals surface area contributed by atoms with Crippen LogP contribution in [0.25, 0.3) is 0 Å². The molecule has 0 radical (unpaired) electrons. The van der Waals surface area contributed by atoms with Gasteiger partial charge in [0.15, 0.2) is 0 Å². The Hall–Kier alpha value is -2.22. The van der Waals surface area contributed by atoms with Crippen molar-refractivity contribution in [3.8, 4) is 16.7 Å². The van der Waals surface area contributed by atoms with E-state index in [4.69, 9.17) is 9.47 Å². The van der Waals surface area contributed by atoms with Crippen molar-refractivity contribution in [3.63, 3.8) is 0 Å². The zero-order chi connectivity index (χ0) is 14.1. The van der Waals surface area contributed by atoms with Crippen molar-refractivity contribution in [2.75, 3.05) is 7.11 Å². The minimum absolute atomic E-state index is 0.134. The average molecular weight is 293 g/mol. The quantitative estimate of drug-likeness (QED) is 0.621. The van der Waals surface area contributed by atoms with Crippen LogP contribution in [0.5, 0.6) is 16.7 Å². The van der Waals surface area contributed by atoms with Crippen molar-refractivity contribution in [1.82, 2.24) is 9.36 Å². The van der Waals surface area contributed by atoms with E-state index >= 15 is 0 Å². The molecule has 1 aromatic carbocycles. The van der Waals surface area contributed by atoms with E-state index in [0.29, 0.717) is 16.9 Å². The lowest BCUT2D eigenvalue weighted by Crippen LogP contribution is -1.94. The summed E-state index contributed by atoms with van der Waals surface area (Å²) in [6, 6.07) is 4.42. The van der Waals surface area contributed by atoms with Crippen LogP contribution >= 0.6 is 11.5 Å². The minimum atomic E-state index is -0.513. The second kappa shape index (κ2) is 5.04. The summed E-state index contributed by atoms with van der Waals surface area (Å²) >= 11 is 1.11. The fraction of sp³-hybridized carbons (Fsp3) is 0.333. The van der Waals surface area contributed by atoms with Crippen LogP contribution in [0.1, 0.15) is 24.6 Å². The third-order valence-corrected chi connectivity index (χ3v) is 3.53. The minimum Gasteiger partial charge on any atom is -0.496 e. The summed E-state index contributed by atoms with van der Waals surface area (Å²) in [5.41, 5.74) is -0.160. The predicted molar refractivity (Wildman–Crippen MR) is 71.6 cm³/mol. The summed E-state index contributed by atoms with van der Waals surface area (Å²) in [5, 5.41) is 11.4. The maximum Gasteiger partial charge on any atom is 0.315 e. The number of benzene rings is 1. The average Bonchev–Trinajstić information content (AvgIpc) is 3.20. The predicted octanol–water partition coefficient (Wildman–Crippen LogP) is 3.12. The van der Waals surface area contributed by atoms with E-state index in [1.807, 2.05) is 0 Å². The van der Waals surface area contributed by atoms with Crippen LogP contribution in [-0.2, 0) is 0 Å². The first-order chi connectivity index (χ1) is 9.67. The topological polar surface area (TPSA) is 87.4 Å². The van der Waals surface area contributed by atoms with Gasteiger partial charge in [0.1, 0.15) is 11.6 Å². The standard InChI is InChI=1S/C12H11N3O4S/c1-18-8-4-5-10(9(6-8)15(16)17)19-12-13-11(14-20-12)7-2-3-7/h4-7H,2-3H2,1H3. The van der Waals surface area contributed by atoms with Crippen molar-refractivity contribution in [2.45, 2.75) is 18.8 Å². The van der Waals surface area contributed by atoms with E-state index < -0.39 is 4.92 Å². The van der Waals surface area contributed by atoms with E-state index in [1.54, 1.807) is 6.07 Å². The monoisotopic (exact) mass is 293 g/mol. The summed E-state index contributed by atoms with van der Waals surface area (Å²) in [7, 11) is 1.45. The van der Waals surface area contributed by atoms with E-state index in [9.17, 15) is 10.1 Å². The summed E-state index contributed by atoms with van der Waals surface area (Å²) in [6.45, 7) is 0. The number of nitrogens with zero attached hydrogens (tertiary/aromatic N) is 3. The zero-order valence-electron chi connectivity index (χ0n) is 10.6. The molecule has 1 aliphatic rings. The molecular weight excluding hydrogens is 282 g/mol. The molecule has 1 saturated carbocycles. The summed E-state index contributed by atoms with van der Waals surface area (Å²) in [6.07, 6.45) is 2.19. The number of aromatic nitrogens is 2. The maximum atomic E-state index is 11.0. The first-order valence-electron chi connectivity index (χ1n) is 6.01. The fourth-order valence-electron chi connectivity index (χ4n) is 1.72. The summed E-state index contributed by atoms with van der Waals surface area (Å²) < 4.78 is 14.6. The van der Waals surface area contributed by atoms with Gasteiger partial charge in [-0.1, -0.05) is 0 Å². The highest BCUT2D eigenvalue weighted by Crippen LogP contribution is 2.41. The third-order valence-electron chi connectivity index (χ3n) is 2.93. The number of rotatable bonds is 5. The Morgan fingerprint density at radius 2 is 2.25 bits per heavy atom. The van der Waals surface area contributed by atoms with Crippen LogP contribution in [0.3, 0.4) is 0 Å². The Kier molecular flexibility index (Phi) is 3.23. The smallest absolute Gasteiger partial charge is 0.315 e. The number of hydrogen-bond acceptors (Lipinski definition) is 7. The van der Waals surface area contributed by atoms with Crippen LogP contribution in [0.15, 0.2) is 18.2 Å². The number of hydrogen-bond donors (Lipinski definition) is 0. The third kappa shape index (κ3) is 2.55. The van der Waals surface area contributed by atoms with Gasteiger partial charge in [-0.2, -0.15) is 9.36 Å². The highest BCUT2D eigenvalue weighted by molar-refractivity contribution is 7.07. The molecule has 0 N–H and O–H groups in total. The Balaban J connectivity index is 1.86.